The van der Waals surface area contributed by atoms with Crippen LogP contribution in [0.25, 0.3) is 66.7 Å². The largest absolute Gasteiger partial charge is 0.455 e. The Morgan fingerprint density at radius 3 is 2.27 bits per heavy atom. The predicted molar refractivity (Wildman–Crippen MR) is 211 cm³/mol. The molecule has 0 fully saturated rings. The average Bonchev–Trinajstić information content (AvgIpc) is 3.51. The number of pyridine rings is 2. The van der Waals surface area contributed by atoms with Gasteiger partial charge in [-0.15, -0.1) is 59.7 Å². The number of hydrogen-bond donors (Lipinski definition) is 1. The summed E-state index contributed by atoms with van der Waals surface area (Å²) in [4.78, 5) is 8.97. The first-order valence-electron chi connectivity index (χ1n) is 17.4. The monoisotopic (exact) mass is 854 g/mol. The Bertz CT molecular complexity index is 2490. The molecule has 1 radical (unpaired) electrons. The molecular weight excluding hydrogens is 815 g/mol. The molecular formula is C47H39IrN3O-2. The van der Waals surface area contributed by atoms with Crippen molar-refractivity contribution in [3.63, 3.8) is 0 Å². The topological polar surface area (TPSA) is 51.0 Å². The molecule has 8 aromatic rings. The van der Waals surface area contributed by atoms with Crippen LogP contribution in [0.2, 0.25) is 0 Å². The SMILES string of the molecule is Cc1ccc2c(c1)-c1cc3c(oc4ccccc43)c(c1C)-c1cc(-c3cc(CC(C)(C)C)ccn3)[c-]cc1N2.[Ir].[c-]1ccccc1-c1ccccn1. The van der Waals surface area contributed by atoms with Gasteiger partial charge in [0.05, 0.1) is 0 Å². The molecule has 0 aliphatic carbocycles. The number of hydrogen-bond acceptors (Lipinski definition) is 4. The van der Waals surface area contributed by atoms with Gasteiger partial charge >= 0.3 is 0 Å². The van der Waals surface area contributed by atoms with Crippen molar-refractivity contribution in [2.75, 3.05) is 5.32 Å². The number of aryl methyl sites for hydroxylation is 1. The molecule has 0 amide bonds. The van der Waals surface area contributed by atoms with E-state index in [1.807, 2.05) is 54.7 Å². The first-order valence-corrected chi connectivity index (χ1v) is 17.4. The maximum atomic E-state index is 6.58. The average molecular weight is 854 g/mol. The number of anilines is 2. The van der Waals surface area contributed by atoms with Crippen LogP contribution in [0.3, 0.4) is 0 Å². The van der Waals surface area contributed by atoms with Crippen molar-refractivity contribution in [3.05, 3.63) is 156 Å². The summed E-state index contributed by atoms with van der Waals surface area (Å²) >= 11 is 0. The van der Waals surface area contributed by atoms with E-state index in [0.717, 1.165) is 73.4 Å². The Morgan fingerprint density at radius 2 is 1.48 bits per heavy atom. The second-order valence-electron chi connectivity index (χ2n) is 14.5. The molecule has 1 aliphatic rings. The zero-order chi connectivity index (χ0) is 35.1. The summed E-state index contributed by atoms with van der Waals surface area (Å²) < 4.78 is 6.58. The normalized spacial score (nSPS) is 11.6. The molecule has 4 heterocycles. The van der Waals surface area contributed by atoms with Crippen LogP contribution in [0.1, 0.15) is 37.5 Å². The minimum Gasteiger partial charge on any atom is -0.455 e. The van der Waals surface area contributed by atoms with Crippen molar-refractivity contribution in [1.29, 1.82) is 0 Å². The van der Waals surface area contributed by atoms with E-state index in [9.17, 15) is 0 Å². The Labute approximate surface area is 319 Å². The van der Waals surface area contributed by atoms with Crippen LogP contribution in [0.5, 0.6) is 0 Å². The summed E-state index contributed by atoms with van der Waals surface area (Å²) in [7, 11) is 0. The quantitative estimate of drug-likeness (QED) is 0.180. The van der Waals surface area contributed by atoms with Crippen LogP contribution in [0.15, 0.2) is 132 Å². The van der Waals surface area contributed by atoms with Crippen LogP contribution in [0.4, 0.5) is 11.4 Å². The Kier molecular flexibility index (Phi) is 9.67. The van der Waals surface area contributed by atoms with E-state index in [1.165, 1.54) is 27.8 Å². The summed E-state index contributed by atoms with van der Waals surface area (Å²) in [6.45, 7) is 11.2. The van der Waals surface area contributed by atoms with Crippen molar-refractivity contribution in [2.24, 2.45) is 5.41 Å². The molecule has 0 atom stereocenters. The van der Waals surface area contributed by atoms with Crippen molar-refractivity contribution >= 4 is 33.3 Å². The van der Waals surface area contributed by atoms with Crippen LogP contribution >= 0.6 is 0 Å². The van der Waals surface area contributed by atoms with Gasteiger partial charge in [-0.1, -0.05) is 79.9 Å². The van der Waals surface area contributed by atoms with Gasteiger partial charge in [0.2, 0.25) is 0 Å². The fourth-order valence-corrected chi connectivity index (χ4v) is 7.06. The van der Waals surface area contributed by atoms with Crippen molar-refractivity contribution in [3.8, 4) is 44.8 Å². The first-order chi connectivity index (χ1) is 24.7. The van der Waals surface area contributed by atoms with Gasteiger partial charge in [0.1, 0.15) is 11.2 Å². The number of nitrogens with one attached hydrogen (secondary N) is 1. The van der Waals surface area contributed by atoms with Crippen LogP contribution in [-0.2, 0) is 26.5 Å². The van der Waals surface area contributed by atoms with Gasteiger partial charge in [0, 0.05) is 60.1 Å². The van der Waals surface area contributed by atoms with E-state index >= 15 is 0 Å². The molecule has 259 valence electrons. The fourth-order valence-electron chi connectivity index (χ4n) is 7.06. The molecule has 52 heavy (non-hydrogen) atoms. The zero-order valence-corrected chi connectivity index (χ0v) is 32.4. The van der Waals surface area contributed by atoms with Crippen molar-refractivity contribution in [1.82, 2.24) is 9.97 Å². The summed E-state index contributed by atoms with van der Waals surface area (Å²) in [5.41, 5.74) is 16.4. The number of rotatable bonds is 3. The molecule has 1 aliphatic heterocycles. The standard InChI is InChI=1S/C36H31N2O.C11H8N.Ir/c1-21-10-12-30-27(16-21)26-19-28-25-8-6-7-9-33(25)39-35(28)34(22(26)2)29-18-24(11-13-31(29)38-30)32-17-23(14-15-37-32)20-36(3,4)5;1-2-6-10(7-3-1)11-8-4-5-9-12-11;/h6-10,12-19,38H,20H2,1-5H3;1-6,8-9H;/q2*-1;. The van der Waals surface area contributed by atoms with E-state index < -0.39 is 0 Å². The van der Waals surface area contributed by atoms with Crippen molar-refractivity contribution < 1.29 is 24.5 Å². The van der Waals surface area contributed by atoms with Gasteiger partial charge in [0.25, 0.3) is 0 Å². The Hall–Kier alpha value is -5.35. The number of aromatic nitrogens is 2. The van der Waals surface area contributed by atoms with Gasteiger partial charge < -0.3 is 19.7 Å². The van der Waals surface area contributed by atoms with Crippen molar-refractivity contribution in [2.45, 2.75) is 41.0 Å². The molecule has 5 aromatic carbocycles. The summed E-state index contributed by atoms with van der Waals surface area (Å²) in [5, 5.41) is 6.01. The number of para-hydroxylation sites is 1. The maximum absolute atomic E-state index is 6.58. The van der Waals surface area contributed by atoms with Gasteiger partial charge in [-0.25, -0.2) is 0 Å². The number of benzene rings is 5. The number of fused-ring (bicyclic) bond motifs is 10. The van der Waals surface area contributed by atoms with Gasteiger partial charge in [0.15, 0.2) is 0 Å². The molecule has 0 saturated carbocycles. The Balaban J connectivity index is 0.000000275. The zero-order valence-electron chi connectivity index (χ0n) is 30.0. The van der Waals surface area contributed by atoms with Crippen LogP contribution in [-0.4, -0.2) is 9.97 Å². The second-order valence-corrected chi connectivity index (χ2v) is 14.5. The molecule has 2 bridgehead atoms. The molecule has 0 unspecified atom stereocenters. The smallest absolute Gasteiger partial charge is 0.142 e. The second kappa shape index (κ2) is 14.3. The maximum Gasteiger partial charge on any atom is 0.142 e. The third-order valence-corrected chi connectivity index (χ3v) is 9.37. The van der Waals surface area contributed by atoms with Crippen LogP contribution in [0, 0.1) is 31.4 Å². The molecule has 3 aromatic heterocycles. The van der Waals surface area contributed by atoms with Gasteiger partial charge in [-0.2, -0.15) is 0 Å². The molecule has 4 nitrogen and oxygen atoms in total. The minimum atomic E-state index is 0. The molecule has 5 heteroatoms. The van der Waals surface area contributed by atoms with Gasteiger partial charge in [-0.05, 0) is 90.3 Å². The molecule has 1 N–H and O–H groups in total. The summed E-state index contributed by atoms with van der Waals surface area (Å²) in [6, 6.07) is 46.2. The van der Waals surface area contributed by atoms with E-state index in [-0.39, 0.29) is 25.5 Å². The van der Waals surface area contributed by atoms with E-state index in [1.54, 1.807) is 6.20 Å². The third-order valence-electron chi connectivity index (χ3n) is 9.37. The van der Waals surface area contributed by atoms with E-state index in [4.69, 9.17) is 9.40 Å². The molecule has 9 rings (SSSR count). The van der Waals surface area contributed by atoms with E-state index in [2.05, 4.69) is 124 Å². The summed E-state index contributed by atoms with van der Waals surface area (Å²) in [5.74, 6) is 0. The number of nitrogens with zero attached hydrogens (tertiary/aromatic N) is 2. The molecule has 0 saturated heterocycles. The Morgan fingerprint density at radius 1 is 0.673 bits per heavy atom. The van der Waals surface area contributed by atoms with Gasteiger partial charge in [-0.3, -0.25) is 0 Å². The van der Waals surface area contributed by atoms with Crippen LogP contribution < -0.4 is 5.32 Å². The molecule has 0 spiro atoms. The predicted octanol–water partition coefficient (Wildman–Crippen LogP) is 12.6. The first kappa shape index (κ1) is 35.1. The number of furan rings is 1. The summed E-state index contributed by atoms with van der Waals surface area (Å²) in [6.07, 6.45) is 4.70. The third kappa shape index (κ3) is 6.95. The minimum absolute atomic E-state index is 0. The fraction of sp³-hybridized carbons (Fsp3) is 0.149. The van der Waals surface area contributed by atoms with E-state index in [0.29, 0.717) is 0 Å².